The number of pyridine rings is 1. The van der Waals surface area contributed by atoms with E-state index in [1.54, 1.807) is 10.7 Å². The predicted molar refractivity (Wildman–Crippen MR) is 58.7 cm³/mol. The van der Waals surface area contributed by atoms with Gasteiger partial charge in [-0.15, -0.1) is 0 Å². The first-order chi connectivity index (χ1) is 6.81. The van der Waals surface area contributed by atoms with Gasteiger partial charge in [-0.25, -0.2) is 4.52 Å². The summed E-state index contributed by atoms with van der Waals surface area (Å²) in [5, 5.41) is 4.18. The normalized spacial score (nSPS) is 10.7. The van der Waals surface area contributed by atoms with Crippen molar-refractivity contribution in [2.45, 2.75) is 13.3 Å². The lowest BCUT2D eigenvalue weighted by molar-refractivity contribution is 0.315. The van der Waals surface area contributed by atoms with Gasteiger partial charge in [-0.3, -0.25) is 0 Å². The van der Waals surface area contributed by atoms with Crippen molar-refractivity contribution in [3.05, 3.63) is 29.0 Å². The molecule has 2 aromatic rings. The molecule has 0 fully saturated rings. The second kappa shape index (κ2) is 4.00. The topological polar surface area (TPSA) is 26.5 Å². The first-order valence-corrected chi connectivity index (χ1v) is 5.36. The van der Waals surface area contributed by atoms with Crippen LogP contribution < -0.4 is 4.74 Å². The first-order valence-electron chi connectivity index (χ1n) is 4.57. The monoisotopic (exact) mass is 254 g/mol. The first kappa shape index (κ1) is 9.52. The molecule has 2 heterocycles. The van der Waals surface area contributed by atoms with Crippen LogP contribution in [0.4, 0.5) is 0 Å². The molecule has 74 valence electrons. The van der Waals surface area contributed by atoms with Crippen molar-refractivity contribution in [2.75, 3.05) is 6.61 Å². The molecule has 0 radical (unpaired) electrons. The van der Waals surface area contributed by atoms with Crippen molar-refractivity contribution in [3.8, 4) is 5.75 Å². The van der Waals surface area contributed by atoms with E-state index >= 15 is 0 Å². The van der Waals surface area contributed by atoms with Crippen LogP contribution in [-0.2, 0) is 0 Å². The average Bonchev–Trinajstić information content (AvgIpc) is 2.57. The van der Waals surface area contributed by atoms with Gasteiger partial charge in [-0.05, 0) is 34.5 Å². The summed E-state index contributed by atoms with van der Waals surface area (Å²) in [7, 11) is 0. The standard InChI is InChI=1S/C10H11BrN2O/c1-2-5-14-8-3-4-10-9(11)6-12-13(10)7-8/h3-4,6-7H,2,5H2,1H3. The molecule has 0 bridgehead atoms. The summed E-state index contributed by atoms with van der Waals surface area (Å²) >= 11 is 3.42. The Kier molecular flexibility index (Phi) is 2.72. The molecule has 0 spiro atoms. The zero-order valence-electron chi connectivity index (χ0n) is 7.90. The van der Waals surface area contributed by atoms with E-state index in [1.165, 1.54) is 0 Å². The van der Waals surface area contributed by atoms with Crippen molar-refractivity contribution in [1.82, 2.24) is 9.61 Å². The molecular weight excluding hydrogens is 244 g/mol. The van der Waals surface area contributed by atoms with Gasteiger partial charge in [0.1, 0.15) is 5.75 Å². The Balaban J connectivity index is 2.32. The van der Waals surface area contributed by atoms with E-state index in [1.807, 2.05) is 18.3 Å². The number of halogens is 1. The van der Waals surface area contributed by atoms with E-state index in [0.717, 1.165) is 28.8 Å². The van der Waals surface area contributed by atoms with Crippen molar-refractivity contribution < 1.29 is 4.74 Å². The van der Waals surface area contributed by atoms with Crippen LogP contribution in [0.25, 0.3) is 5.52 Å². The molecule has 0 unspecified atom stereocenters. The largest absolute Gasteiger partial charge is 0.492 e. The van der Waals surface area contributed by atoms with E-state index in [4.69, 9.17) is 4.74 Å². The van der Waals surface area contributed by atoms with E-state index in [2.05, 4.69) is 28.0 Å². The molecule has 0 aliphatic rings. The minimum absolute atomic E-state index is 0.744. The lowest BCUT2D eigenvalue weighted by Crippen LogP contribution is -1.96. The Morgan fingerprint density at radius 3 is 3.14 bits per heavy atom. The maximum Gasteiger partial charge on any atom is 0.137 e. The number of nitrogens with zero attached hydrogens (tertiary/aromatic N) is 2. The van der Waals surface area contributed by atoms with Gasteiger partial charge in [0.15, 0.2) is 0 Å². The molecule has 14 heavy (non-hydrogen) atoms. The summed E-state index contributed by atoms with van der Waals surface area (Å²) in [6.45, 7) is 2.83. The maximum atomic E-state index is 5.50. The summed E-state index contributed by atoms with van der Waals surface area (Å²) in [6, 6.07) is 3.94. The summed E-state index contributed by atoms with van der Waals surface area (Å²) in [6.07, 6.45) is 4.68. The highest BCUT2D eigenvalue weighted by Gasteiger charge is 2.01. The van der Waals surface area contributed by atoms with Gasteiger partial charge in [0.2, 0.25) is 0 Å². The lowest BCUT2D eigenvalue weighted by atomic mass is 10.4. The van der Waals surface area contributed by atoms with Crippen LogP contribution in [-0.4, -0.2) is 16.2 Å². The van der Waals surface area contributed by atoms with Gasteiger partial charge in [-0.2, -0.15) is 5.10 Å². The number of fused-ring (bicyclic) bond motifs is 1. The van der Waals surface area contributed by atoms with E-state index < -0.39 is 0 Å². The third-order valence-electron chi connectivity index (χ3n) is 1.91. The molecule has 3 nitrogen and oxygen atoms in total. The van der Waals surface area contributed by atoms with E-state index in [0.29, 0.717) is 0 Å². The Hall–Kier alpha value is -1.03. The third-order valence-corrected chi connectivity index (χ3v) is 2.53. The smallest absolute Gasteiger partial charge is 0.137 e. The fraction of sp³-hybridized carbons (Fsp3) is 0.300. The van der Waals surface area contributed by atoms with Crippen LogP contribution in [0.2, 0.25) is 0 Å². The summed E-state index contributed by atoms with van der Waals surface area (Å²) < 4.78 is 8.30. The molecule has 2 rings (SSSR count). The number of rotatable bonds is 3. The lowest BCUT2D eigenvalue weighted by Gasteiger charge is -2.04. The van der Waals surface area contributed by atoms with Gasteiger partial charge in [0.05, 0.1) is 29.0 Å². The maximum absolute atomic E-state index is 5.50. The van der Waals surface area contributed by atoms with Crippen LogP contribution in [0.1, 0.15) is 13.3 Å². The van der Waals surface area contributed by atoms with Crippen LogP contribution >= 0.6 is 15.9 Å². The zero-order valence-corrected chi connectivity index (χ0v) is 9.49. The van der Waals surface area contributed by atoms with E-state index in [9.17, 15) is 0 Å². The number of ether oxygens (including phenoxy) is 1. The van der Waals surface area contributed by atoms with Crippen LogP contribution in [0.5, 0.6) is 5.75 Å². The predicted octanol–water partition coefficient (Wildman–Crippen LogP) is 2.89. The number of aromatic nitrogens is 2. The second-order valence-corrected chi connectivity index (χ2v) is 3.89. The molecule has 0 amide bonds. The molecule has 4 heteroatoms. The highest BCUT2D eigenvalue weighted by atomic mass is 79.9. The van der Waals surface area contributed by atoms with Crippen LogP contribution in [0.15, 0.2) is 29.0 Å². The molecule has 0 saturated heterocycles. The van der Waals surface area contributed by atoms with Gasteiger partial charge < -0.3 is 4.74 Å². The Bertz CT molecular complexity index is 439. The SMILES string of the molecule is CCCOc1ccc2c(Br)cnn2c1. The number of hydrogen-bond acceptors (Lipinski definition) is 2. The molecule has 0 aliphatic heterocycles. The Morgan fingerprint density at radius 1 is 1.50 bits per heavy atom. The Morgan fingerprint density at radius 2 is 2.36 bits per heavy atom. The third kappa shape index (κ3) is 1.75. The van der Waals surface area contributed by atoms with Crippen molar-refractivity contribution in [1.29, 1.82) is 0 Å². The quantitative estimate of drug-likeness (QED) is 0.843. The minimum atomic E-state index is 0.744. The average molecular weight is 255 g/mol. The number of hydrogen-bond donors (Lipinski definition) is 0. The van der Waals surface area contributed by atoms with Crippen molar-refractivity contribution in [3.63, 3.8) is 0 Å². The fourth-order valence-electron chi connectivity index (χ4n) is 1.24. The molecule has 0 atom stereocenters. The molecule has 2 aromatic heterocycles. The molecule has 0 N–H and O–H groups in total. The molecule has 0 saturated carbocycles. The van der Waals surface area contributed by atoms with Crippen LogP contribution in [0, 0.1) is 0 Å². The van der Waals surface area contributed by atoms with Crippen LogP contribution in [0.3, 0.4) is 0 Å². The van der Waals surface area contributed by atoms with Gasteiger partial charge >= 0.3 is 0 Å². The van der Waals surface area contributed by atoms with E-state index in [-0.39, 0.29) is 0 Å². The van der Waals surface area contributed by atoms with Gasteiger partial charge in [-0.1, -0.05) is 6.92 Å². The summed E-state index contributed by atoms with van der Waals surface area (Å²) in [5.74, 6) is 0.856. The highest BCUT2D eigenvalue weighted by Crippen LogP contribution is 2.20. The highest BCUT2D eigenvalue weighted by molar-refractivity contribution is 9.10. The minimum Gasteiger partial charge on any atom is -0.492 e. The van der Waals surface area contributed by atoms with Crippen molar-refractivity contribution >= 4 is 21.4 Å². The van der Waals surface area contributed by atoms with Crippen molar-refractivity contribution in [2.24, 2.45) is 0 Å². The van der Waals surface area contributed by atoms with Gasteiger partial charge in [0.25, 0.3) is 0 Å². The second-order valence-electron chi connectivity index (χ2n) is 3.04. The zero-order chi connectivity index (χ0) is 9.97. The molecular formula is C10H11BrN2O. The molecule has 0 aromatic carbocycles. The summed E-state index contributed by atoms with van der Waals surface area (Å²) in [4.78, 5) is 0. The summed E-state index contributed by atoms with van der Waals surface area (Å²) in [5.41, 5.74) is 1.05. The Labute approximate surface area is 90.8 Å². The fourth-order valence-corrected chi connectivity index (χ4v) is 1.64. The van der Waals surface area contributed by atoms with Gasteiger partial charge in [0, 0.05) is 0 Å². The molecule has 0 aliphatic carbocycles.